The Morgan fingerprint density at radius 2 is 2.14 bits per heavy atom. The van der Waals surface area contributed by atoms with E-state index in [1.54, 1.807) is 31.2 Å². The third-order valence-electron chi connectivity index (χ3n) is 3.21. The fraction of sp³-hybridized carbons (Fsp3) is 0.267. The number of hydrogen-bond acceptors (Lipinski definition) is 4. The summed E-state index contributed by atoms with van der Waals surface area (Å²) in [7, 11) is -1.50. The van der Waals surface area contributed by atoms with Gasteiger partial charge in [-0.2, -0.15) is 0 Å². The van der Waals surface area contributed by atoms with Gasteiger partial charge in [0.15, 0.2) is 0 Å². The quantitative estimate of drug-likeness (QED) is 0.827. The minimum atomic E-state index is -1.50. The maximum absolute atomic E-state index is 12.5. The second-order valence-corrected chi connectivity index (χ2v) is 6.47. The van der Waals surface area contributed by atoms with Gasteiger partial charge in [-0.25, -0.2) is 0 Å². The zero-order valence-electron chi connectivity index (χ0n) is 12.0. The van der Waals surface area contributed by atoms with Crippen LogP contribution in [0.1, 0.15) is 18.2 Å². The normalized spacial score (nSPS) is 13.6. The fourth-order valence-electron chi connectivity index (χ4n) is 1.85. The molecule has 2 rings (SSSR count). The highest BCUT2D eigenvalue weighted by Gasteiger charge is 2.23. The summed E-state index contributed by atoms with van der Waals surface area (Å²) in [6, 6.07) is 8.83. The Morgan fingerprint density at radius 1 is 1.38 bits per heavy atom. The second kappa shape index (κ2) is 6.58. The van der Waals surface area contributed by atoms with Crippen molar-refractivity contribution in [3.05, 3.63) is 47.9 Å². The summed E-state index contributed by atoms with van der Waals surface area (Å²) >= 11 is 0. The van der Waals surface area contributed by atoms with Crippen molar-refractivity contribution in [1.29, 1.82) is 0 Å². The van der Waals surface area contributed by atoms with Crippen molar-refractivity contribution in [2.24, 2.45) is 0 Å². The number of carbonyl (C=O) groups is 1. The summed E-state index contributed by atoms with van der Waals surface area (Å²) in [5.41, 5.74) is 7.26. The van der Waals surface area contributed by atoms with E-state index >= 15 is 0 Å². The third-order valence-corrected chi connectivity index (χ3v) is 4.85. The fourth-order valence-corrected chi connectivity index (χ4v) is 3.10. The van der Waals surface area contributed by atoms with Gasteiger partial charge in [-0.1, -0.05) is 12.1 Å². The Labute approximate surface area is 126 Å². The van der Waals surface area contributed by atoms with E-state index in [1.165, 1.54) is 6.26 Å². The first-order valence-corrected chi connectivity index (χ1v) is 7.77. The number of para-hydroxylation sites is 1. The van der Waals surface area contributed by atoms with E-state index in [0.29, 0.717) is 16.3 Å². The molecular weight excluding hydrogens is 288 g/mol. The number of rotatable bonds is 5. The Morgan fingerprint density at radius 3 is 2.81 bits per heavy atom. The number of benzene rings is 1. The first-order valence-electron chi connectivity index (χ1n) is 6.56. The molecule has 0 bridgehead atoms. The average Bonchev–Trinajstić information content (AvgIpc) is 2.99. The maximum Gasteiger partial charge on any atom is 0.236 e. The highest BCUT2D eigenvalue weighted by atomic mass is 32.2. The highest BCUT2D eigenvalue weighted by molar-refractivity contribution is 7.86. The van der Waals surface area contributed by atoms with Gasteiger partial charge in [-0.3, -0.25) is 9.00 Å². The third kappa shape index (κ3) is 3.52. The summed E-state index contributed by atoms with van der Waals surface area (Å²) in [5, 5.41) is 2.01. The van der Waals surface area contributed by atoms with Gasteiger partial charge < -0.3 is 15.5 Å². The summed E-state index contributed by atoms with van der Waals surface area (Å²) in [4.78, 5) is 12.6. The highest BCUT2D eigenvalue weighted by Crippen LogP contribution is 2.22. The Bertz CT molecular complexity index is 653. The van der Waals surface area contributed by atoms with Crippen LogP contribution in [0.15, 0.2) is 45.9 Å². The molecule has 2 unspecified atom stereocenters. The molecule has 112 valence electrons. The Balaban J connectivity index is 2.04. The van der Waals surface area contributed by atoms with Crippen molar-refractivity contribution in [3.8, 4) is 0 Å². The zero-order valence-corrected chi connectivity index (χ0v) is 12.8. The summed E-state index contributed by atoms with van der Waals surface area (Å²) < 4.78 is 17.6. The molecule has 0 spiro atoms. The van der Waals surface area contributed by atoms with Crippen molar-refractivity contribution in [1.82, 2.24) is 5.32 Å². The van der Waals surface area contributed by atoms with E-state index < -0.39 is 16.0 Å². The Hall–Kier alpha value is -2.08. The van der Waals surface area contributed by atoms with E-state index in [-0.39, 0.29) is 12.5 Å². The van der Waals surface area contributed by atoms with Crippen LogP contribution < -0.4 is 11.1 Å². The lowest BCUT2D eigenvalue weighted by atomic mass is 10.2. The Kier molecular flexibility index (Phi) is 4.80. The van der Waals surface area contributed by atoms with Crippen molar-refractivity contribution in [2.45, 2.75) is 30.5 Å². The zero-order chi connectivity index (χ0) is 15.4. The second-order valence-electron chi connectivity index (χ2n) is 4.72. The number of hydrogen-bond donors (Lipinski definition) is 2. The minimum Gasteiger partial charge on any atom is -0.467 e. The summed E-state index contributed by atoms with van der Waals surface area (Å²) in [6.45, 7) is 3.74. The van der Waals surface area contributed by atoms with Gasteiger partial charge in [0.2, 0.25) is 5.91 Å². The largest absolute Gasteiger partial charge is 0.467 e. The van der Waals surface area contributed by atoms with Crippen LogP contribution in [0.25, 0.3) is 0 Å². The molecule has 5 nitrogen and oxygen atoms in total. The van der Waals surface area contributed by atoms with E-state index in [9.17, 15) is 9.00 Å². The molecule has 0 aliphatic heterocycles. The number of carbonyl (C=O) groups excluding carboxylic acids is 1. The number of furan rings is 1. The number of amides is 1. The van der Waals surface area contributed by atoms with Crippen LogP contribution in [-0.4, -0.2) is 15.4 Å². The minimum absolute atomic E-state index is 0.274. The average molecular weight is 306 g/mol. The SMILES string of the molecule is Cc1cccc(S(=O)C(C)C(=O)NCc2ccco2)c1N. The lowest BCUT2D eigenvalue weighted by Crippen LogP contribution is -2.35. The molecule has 6 heteroatoms. The smallest absolute Gasteiger partial charge is 0.236 e. The van der Waals surface area contributed by atoms with Gasteiger partial charge >= 0.3 is 0 Å². The van der Waals surface area contributed by atoms with Gasteiger partial charge in [0.05, 0.1) is 34.2 Å². The van der Waals surface area contributed by atoms with Gasteiger partial charge in [-0.15, -0.1) is 0 Å². The molecule has 2 aromatic rings. The van der Waals surface area contributed by atoms with Gasteiger partial charge in [-0.05, 0) is 37.6 Å². The molecule has 0 aliphatic carbocycles. The standard InChI is InChI=1S/C15H18N2O3S/c1-10-5-3-7-13(14(10)16)21(19)11(2)15(18)17-9-12-6-4-8-20-12/h3-8,11H,9,16H2,1-2H3,(H,17,18). The molecule has 21 heavy (non-hydrogen) atoms. The van der Waals surface area contributed by atoms with E-state index in [0.717, 1.165) is 5.56 Å². The van der Waals surface area contributed by atoms with Crippen molar-refractivity contribution in [3.63, 3.8) is 0 Å². The summed E-state index contributed by atoms with van der Waals surface area (Å²) in [5.74, 6) is 0.349. The number of aryl methyl sites for hydroxylation is 1. The predicted molar refractivity (Wildman–Crippen MR) is 82.0 cm³/mol. The van der Waals surface area contributed by atoms with Crippen molar-refractivity contribution >= 4 is 22.4 Å². The molecule has 0 fully saturated rings. The molecule has 0 saturated heterocycles. The van der Waals surface area contributed by atoms with E-state index in [1.807, 2.05) is 13.0 Å². The lowest BCUT2D eigenvalue weighted by molar-refractivity contribution is -0.120. The van der Waals surface area contributed by atoms with Crippen LogP contribution in [-0.2, 0) is 22.1 Å². The first kappa shape index (κ1) is 15.3. The van der Waals surface area contributed by atoms with Crippen molar-refractivity contribution in [2.75, 3.05) is 5.73 Å². The number of nitrogen functional groups attached to an aromatic ring is 1. The molecule has 1 heterocycles. The monoisotopic (exact) mass is 306 g/mol. The molecule has 2 atom stereocenters. The molecular formula is C15H18N2O3S. The van der Waals surface area contributed by atoms with Crippen LogP contribution in [0.2, 0.25) is 0 Å². The van der Waals surface area contributed by atoms with Crippen LogP contribution >= 0.6 is 0 Å². The number of anilines is 1. The van der Waals surface area contributed by atoms with E-state index in [2.05, 4.69) is 5.32 Å². The maximum atomic E-state index is 12.5. The topological polar surface area (TPSA) is 85.3 Å². The molecule has 1 amide bonds. The molecule has 0 aliphatic rings. The van der Waals surface area contributed by atoms with Crippen LogP contribution in [0.4, 0.5) is 5.69 Å². The molecule has 1 aromatic carbocycles. The van der Waals surface area contributed by atoms with Gasteiger partial charge in [0, 0.05) is 0 Å². The van der Waals surface area contributed by atoms with Gasteiger partial charge in [0.1, 0.15) is 11.0 Å². The molecule has 1 aromatic heterocycles. The van der Waals surface area contributed by atoms with Crippen LogP contribution in [0.3, 0.4) is 0 Å². The molecule has 0 radical (unpaired) electrons. The van der Waals surface area contributed by atoms with Crippen molar-refractivity contribution < 1.29 is 13.4 Å². The van der Waals surface area contributed by atoms with Crippen LogP contribution in [0, 0.1) is 6.92 Å². The summed E-state index contributed by atoms with van der Waals surface area (Å²) in [6.07, 6.45) is 1.54. The molecule has 0 saturated carbocycles. The first-order chi connectivity index (χ1) is 10.0. The predicted octanol–water partition coefficient (Wildman–Crippen LogP) is 1.98. The molecule has 3 N–H and O–H groups in total. The number of nitrogens with two attached hydrogens (primary N) is 1. The lowest BCUT2D eigenvalue weighted by Gasteiger charge is -2.14. The van der Waals surface area contributed by atoms with Crippen LogP contribution in [0.5, 0.6) is 0 Å². The number of nitrogens with one attached hydrogen (secondary N) is 1. The van der Waals surface area contributed by atoms with E-state index in [4.69, 9.17) is 10.2 Å². The van der Waals surface area contributed by atoms with Gasteiger partial charge in [0.25, 0.3) is 0 Å².